The highest BCUT2D eigenvalue weighted by molar-refractivity contribution is 5.33. The smallest absolute Gasteiger partial charge is 0.256 e. The number of nitrogens with zero attached hydrogens (tertiary/aromatic N) is 2. The summed E-state index contributed by atoms with van der Waals surface area (Å²) in [6, 6.07) is 11.2. The van der Waals surface area contributed by atoms with Crippen LogP contribution in [-0.4, -0.2) is 9.55 Å². The van der Waals surface area contributed by atoms with Crippen molar-refractivity contribution < 1.29 is 0 Å². The van der Waals surface area contributed by atoms with Gasteiger partial charge in [-0.25, -0.2) is 0 Å². The lowest BCUT2D eigenvalue weighted by atomic mass is 10.1. The standard InChI is InChI=1S/C12H14N4O/c13-10-8-11(17)16(12(14)15-10)7-6-9-4-2-1-3-5-9/h1-5,8H,6-7,13H2,(H2,14,15). The fourth-order valence-corrected chi connectivity index (χ4v) is 1.65. The number of hydrogen-bond donors (Lipinski definition) is 2. The predicted octanol–water partition coefficient (Wildman–Crippen LogP) is 0.650. The zero-order chi connectivity index (χ0) is 12.3. The van der Waals surface area contributed by atoms with Crippen LogP contribution in [-0.2, 0) is 13.0 Å². The van der Waals surface area contributed by atoms with Crippen LogP contribution in [0.15, 0.2) is 41.2 Å². The molecule has 1 aromatic carbocycles. The highest BCUT2D eigenvalue weighted by Crippen LogP contribution is 2.04. The van der Waals surface area contributed by atoms with Crippen molar-refractivity contribution in [2.45, 2.75) is 13.0 Å². The lowest BCUT2D eigenvalue weighted by Crippen LogP contribution is -2.25. The lowest BCUT2D eigenvalue weighted by Gasteiger charge is -2.08. The van der Waals surface area contributed by atoms with Crippen LogP contribution in [0.1, 0.15) is 5.56 Å². The second-order valence-corrected chi connectivity index (χ2v) is 3.76. The van der Waals surface area contributed by atoms with E-state index in [1.54, 1.807) is 0 Å². The molecule has 0 fully saturated rings. The number of nitrogen functional groups attached to an aromatic ring is 2. The first-order valence-corrected chi connectivity index (χ1v) is 5.33. The van der Waals surface area contributed by atoms with Crippen molar-refractivity contribution >= 4 is 11.8 Å². The average Bonchev–Trinajstić information content (AvgIpc) is 2.29. The SMILES string of the molecule is Nc1cc(=O)n(CCc2ccccc2)c(N)n1. The van der Waals surface area contributed by atoms with E-state index in [9.17, 15) is 4.79 Å². The summed E-state index contributed by atoms with van der Waals surface area (Å²) in [5.74, 6) is 0.314. The molecule has 0 bridgehead atoms. The minimum absolute atomic E-state index is 0.156. The summed E-state index contributed by atoms with van der Waals surface area (Å²) in [5, 5.41) is 0. The van der Waals surface area contributed by atoms with E-state index in [-0.39, 0.29) is 17.3 Å². The van der Waals surface area contributed by atoms with Crippen LogP contribution < -0.4 is 17.0 Å². The van der Waals surface area contributed by atoms with Crippen LogP contribution in [0.5, 0.6) is 0 Å². The molecule has 0 aliphatic rings. The average molecular weight is 230 g/mol. The number of benzene rings is 1. The third-order valence-corrected chi connectivity index (χ3v) is 2.52. The van der Waals surface area contributed by atoms with E-state index < -0.39 is 0 Å². The van der Waals surface area contributed by atoms with Crippen molar-refractivity contribution in [2.75, 3.05) is 11.5 Å². The van der Waals surface area contributed by atoms with E-state index >= 15 is 0 Å². The van der Waals surface area contributed by atoms with Gasteiger partial charge < -0.3 is 11.5 Å². The van der Waals surface area contributed by atoms with Crippen LogP contribution >= 0.6 is 0 Å². The fourth-order valence-electron chi connectivity index (χ4n) is 1.65. The molecule has 1 heterocycles. The molecule has 0 spiro atoms. The number of hydrogen-bond acceptors (Lipinski definition) is 4. The van der Waals surface area contributed by atoms with Crippen LogP contribution in [0.3, 0.4) is 0 Å². The van der Waals surface area contributed by atoms with Gasteiger partial charge in [-0.05, 0) is 12.0 Å². The molecule has 0 aliphatic heterocycles. The van der Waals surface area contributed by atoms with Gasteiger partial charge in [0.15, 0.2) is 0 Å². The van der Waals surface area contributed by atoms with E-state index in [0.29, 0.717) is 6.54 Å². The molecule has 0 aliphatic carbocycles. The van der Waals surface area contributed by atoms with E-state index in [4.69, 9.17) is 11.5 Å². The first kappa shape index (κ1) is 11.2. The summed E-state index contributed by atoms with van der Waals surface area (Å²) in [4.78, 5) is 15.5. The third kappa shape index (κ3) is 2.63. The number of anilines is 2. The van der Waals surface area contributed by atoms with Gasteiger partial charge in [-0.2, -0.15) is 4.98 Å². The lowest BCUT2D eigenvalue weighted by molar-refractivity contribution is 0.668. The topological polar surface area (TPSA) is 86.9 Å². The maximum atomic E-state index is 11.6. The quantitative estimate of drug-likeness (QED) is 0.810. The first-order chi connectivity index (χ1) is 8.16. The van der Waals surface area contributed by atoms with Crippen molar-refractivity contribution in [3.8, 4) is 0 Å². The zero-order valence-electron chi connectivity index (χ0n) is 9.34. The van der Waals surface area contributed by atoms with Gasteiger partial charge in [0.05, 0.1) is 0 Å². The number of aryl methyl sites for hydroxylation is 1. The molecule has 2 rings (SSSR count). The monoisotopic (exact) mass is 230 g/mol. The molecule has 0 atom stereocenters. The second-order valence-electron chi connectivity index (χ2n) is 3.76. The van der Waals surface area contributed by atoms with Crippen molar-refractivity contribution in [1.29, 1.82) is 0 Å². The minimum Gasteiger partial charge on any atom is -0.383 e. The van der Waals surface area contributed by atoms with Gasteiger partial charge >= 0.3 is 0 Å². The Morgan fingerprint density at radius 2 is 1.88 bits per heavy atom. The third-order valence-electron chi connectivity index (χ3n) is 2.52. The van der Waals surface area contributed by atoms with Crippen molar-refractivity contribution in [1.82, 2.24) is 9.55 Å². The summed E-state index contributed by atoms with van der Waals surface area (Å²) in [6.07, 6.45) is 0.733. The minimum atomic E-state index is -0.217. The highest BCUT2D eigenvalue weighted by Gasteiger charge is 2.03. The normalized spacial score (nSPS) is 10.4. The molecule has 0 unspecified atom stereocenters. The molecular weight excluding hydrogens is 216 g/mol. The van der Waals surface area contributed by atoms with Crippen LogP contribution in [0.2, 0.25) is 0 Å². The summed E-state index contributed by atoms with van der Waals surface area (Å²) in [5.41, 5.74) is 12.0. The summed E-state index contributed by atoms with van der Waals surface area (Å²) in [7, 11) is 0. The van der Waals surface area contributed by atoms with Gasteiger partial charge in [0, 0.05) is 12.6 Å². The van der Waals surface area contributed by atoms with Gasteiger partial charge in [-0.3, -0.25) is 9.36 Å². The molecular formula is C12H14N4O. The molecule has 0 radical (unpaired) electrons. The van der Waals surface area contributed by atoms with E-state index in [0.717, 1.165) is 12.0 Å². The molecule has 5 heteroatoms. The molecule has 1 aromatic heterocycles. The Balaban J connectivity index is 2.18. The fraction of sp³-hybridized carbons (Fsp3) is 0.167. The van der Waals surface area contributed by atoms with Crippen LogP contribution in [0, 0.1) is 0 Å². The van der Waals surface area contributed by atoms with Gasteiger partial charge in [0.25, 0.3) is 5.56 Å². The van der Waals surface area contributed by atoms with Gasteiger partial charge in [0.1, 0.15) is 5.82 Å². The van der Waals surface area contributed by atoms with Gasteiger partial charge in [-0.1, -0.05) is 30.3 Å². The Bertz CT molecular complexity index is 562. The first-order valence-electron chi connectivity index (χ1n) is 5.33. The largest absolute Gasteiger partial charge is 0.383 e. The zero-order valence-corrected chi connectivity index (χ0v) is 9.34. The Morgan fingerprint density at radius 3 is 2.53 bits per heavy atom. The number of nitrogens with two attached hydrogens (primary N) is 2. The molecule has 0 saturated heterocycles. The number of rotatable bonds is 3. The Labute approximate surface area is 98.7 Å². The molecule has 0 saturated carbocycles. The number of aromatic nitrogens is 2. The predicted molar refractivity (Wildman–Crippen MR) is 67.5 cm³/mol. The second kappa shape index (κ2) is 4.69. The van der Waals surface area contributed by atoms with Gasteiger partial charge in [0.2, 0.25) is 5.95 Å². The Morgan fingerprint density at radius 1 is 1.18 bits per heavy atom. The maximum absolute atomic E-state index is 11.6. The maximum Gasteiger partial charge on any atom is 0.256 e. The summed E-state index contributed by atoms with van der Waals surface area (Å²) < 4.78 is 1.42. The highest BCUT2D eigenvalue weighted by atomic mass is 16.1. The molecule has 17 heavy (non-hydrogen) atoms. The van der Waals surface area contributed by atoms with Crippen LogP contribution in [0.25, 0.3) is 0 Å². The Hall–Kier alpha value is -2.30. The molecule has 0 amide bonds. The van der Waals surface area contributed by atoms with Crippen molar-refractivity contribution in [2.24, 2.45) is 0 Å². The van der Waals surface area contributed by atoms with Crippen LogP contribution in [0.4, 0.5) is 11.8 Å². The van der Waals surface area contributed by atoms with E-state index in [1.807, 2.05) is 30.3 Å². The van der Waals surface area contributed by atoms with E-state index in [2.05, 4.69) is 4.98 Å². The van der Waals surface area contributed by atoms with E-state index in [1.165, 1.54) is 10.6 Å². The van der Waals surface area contributed by atoms with Gasteiger partial charge in [-0.15, -0.1) is 0 Å². The molecule has 4 N–H and O–H groups in total. The molecule has 88 valence electrons. The summed E-state index contributed by atoms with van der Waals surface area (Å²) >= 11 is 0. The van der Waals surface area contributed by atoms with Crippen molar-refractivity contribution in [3.05, 3.63) is 52.3 Å². The molecule has 5 nitrogen and oxygen atoms in total. The summed E-state index contributed by atoms with van der Waals surface area (Å²) in [6.45, 7) is 0.502. The Kier molecular flexibility index (Phi) is 3.09. The molecule has 2 aromatic rings. The van der Waals surface area contributed by atoms with Crippen molar-refractivity contribution in [3.63, 3.8) is 0 Å².